The monoisotopic (exact) mass is 321 g/mol. The lowest BCUT2D eigenvalue weighted by Crippen LogP contribution is -2.17. The van der Waals surface area contributed by atoms with Crippen LogP contribution in [-0.4, -0.2) is 23.8 Å². The van der Waals surface area contributed by atoms with Crippen molar-refractivity contribution in [2.75, 3.05) is 11.9 Å². The number of rotatable bonds is 10. The van der Waals surface area contributed by atoms with Crippen molar-refractivity contribution in [2.24, 2.45) is 0 Å². The summed E-state index contributed by atoms with van der Waals surface area (Å²) in [5.74, 6) is -1.03. The van der Waals surface area contributed by atoms with E-state index in [9.17, 15) is 14.7 Å². The van der Waals surface area contributed by atoms with E-state index in [0.717, 1.165) is 44.1 Å². The van der Waals surface area contributed by atoms with Crippen molar-refractivity contribution in [1.29, 1.82) is 0 Å². The second kappa shape index (κ2) is 10.6. The number of amides is 1. The van der Waals surface area contributed by atoms with Crippen LogP contribution in [0, 0.1) is 0 Å². The van der Waals surface area contributed by atoms with Gasteiger partial charge < -0.3 is 9.84 Å². The summed E-state index contributed by atoms with van der Waals surface area (Å²) in [4.78, 5) is 23.4. The van der Waals surface area contributed by atoms with Crippen molar-refractivity contribution in [3.63, 3.8) is 0 Å². The number of anilines is 1. The van der Waals surface area contributed by atoms with Crippen molar-refractivity contribution in [3.05, 3.63) is 29.3 Å². The minimum atomic E-state index is -1.03. The number of carbonyl (C=O) groups excluding carboxylic acids is 1. The SMILES string of the molecule is CCCCCOC(=O)Nc1cccc(CCCCC)c1C(=O)O. The van der Waals surface area contributed by atoms with Gasteiger partial charge in [-0.1, -0.05) is 51.7 Å². The van der Waals surface area contributed by atoms with Gasteiger partial charge in [0, 0.05) is 0 Å². The van der Waals surface area contributed by atoms with Gasteiger partial charge >= 0.3 is 12.1 Å². The van der Waals surface area contributed by atoms with Crippen molar-refractivity contribution >= 4 is 17.7 Å². The second-order valence-electron chi connectivity index (χ2n) is 5.57. The minimum absolute atomic E-state index is 0.161. The van der Waals surface area contributed by atoms with E-state index < -0.39 is 12.1 Å². The zero-order valence-electron chi connectivity index (χ0n) is 14.1. The van der Waals surface area contributed by atoms with Crippen LogP contribution in [0.2, 0.25) is 0 Å². The number of carboxylic acids is 1. The predicted octanol–water partition coefficient (Wildman–Crippen LogP) is 4.86. The van der Waals surface area contributed by atoms with Crippen LogP contribution in [0.1, 0.15) is 68.3 Å². The highest BCUT2D eigenvalue weighted by Crippen LogP contribution is 2.22. The molecule has 0 saturated carbocycles. The van der Waals surface area contributed by atoms with Gasteiger partial charge in [0.15, 0.2) is 0 Å². The molecule has 0 unspecified atom stereocenters. The van der Waals surface area contributed by atoms with E-state index in [1.807, 2.05) is 0 Å². The quantitative estimate of drug-likeness (QED) is 0.604. The van der Waals surface area contributed by atoms with Gasteiger partial charge in [0.05, 0.1) is 17.9 Å². The van der Waals surface area contributed by atoms with Gasteiger partial charge in [0.1, 0.15) is 0 Å². The molecule has 1 amide bonds. The topological polar surface area (TPSA) is 75.6 Å². The lowest BCUT2D eigenvalue weighted by molar-refractivity contribution is 0.0697. The van der Waals surface area contributed by atoms with Gasteiger partial charge in [-0.05, 0) is 30.9 Å². The minimum Gasteiger partial charge on any atom is -0.478 e. The van der Waals surface area contributed by atoms with E-state index in [1.54, 1.807) is 18.2 Å². The summed E-state index contributed by atoms with van der Waals surface area (Å²) in [6, 6.07) is 5.16. The molecule has 1 aromatic rings. The third-order valence-electron chi connectivity index (χ3n) is 3.63. The number of hydrogen-bond donors (Lipinski definition) is 2. The van der Waals surface area contributed by atoms with Gasteiger partial charge in [0.2, 0.25) is 0 Å². The molecule has 23 heavy (non-hydrogen) atoms. The number of hydrogen-bond acceptors (Lipinski definition) is 3. The molecule has 0 bridgehead atoms. The molecule has 0 aliphatic rings. The summed E-state index contributed by atoms with van der Waals surface area (Å²) >= 11 is 0. The fourth-order valence-corrected chi connectivity index (χ4v) is 2.39. The normalized spacial score (nSPS) is 10.3. The van der Waals surface area contributed by atoms with Crippen LogP contribution in [0.3, 0.4) is 0 Å². The van der Waals surface area contributed by atoms with Crippen LogP contribution >= 0.6 is 0 Å². The molecular weight excluding hydrogens is 294 g/mol. The molecule has 0 saturated heterocycles. The average Bonchev–Trinajstić information content (AvgIpc) is 2.51. The molecule has 0 atom stereocenters. The van der Waals surface area contributed by atoms with Crippen LogP contribution < -0.4 is 5.32 Å². The third kappa shape index (κ3) is 6.72. The number of benzene rings is 1. The molecule has 1 aromatic carbocycles. The maximum Gasteiger partial charge on any atom is 0.411 e. The molecule has 0 heterocycles. The molecule has 0 aliphatic heterocycles. The highest BCUT2D eigenvalue weighted by Gasteiger charge is 2.17. The molecule has 128 valence electrons. The van der Waals surface area contributed by atoms with E-state index in [2.05, 4.69) is 19.2 Å². The van der Waals surface area contributed by atoms with E-state index in [4.69, 9.17) is 4.74 Å². The van der Waals surface area contributed by atoms with Gasteiger partial charge in [-0.15, -0.1) is 0 Å². The van der Waals surface area contributed by atoms with E-state index in [0.29, 0.717) is 18.7 Å². The van der Waals surface area contributed by atoms with Crippen LogP contribution in [0.25, 0.3) is 0 Å². The molecular formula is C18H27NO4. The Hall–Kier alpha value is -2.04. The summed E-state index contributed by atoms with van der Waals surface area (Å²) < 4.78 is 5.08. The fraction of sp³-hybridized carbons (Fsp3) is 0.556. The first-order chi connectivity index (χ1) is 11.1. The molecule has 0 spiro atoms. The lowest BCUT2D eigenvalue weighted by Gasteiger charge is -2.13. The van der Waals surface area contributed by atoms with Crippen LogP contribution in [0.5, 0.6) is 0 Å². The van der Waals surface area contributed by atoms with Crippen LogP contribution in [0.4, 0.5) is 10.5 Å². The zero-order valence-corrected chi connectivity index (χ0v) is 14.1. The Labute approximate surface area is 138 Å². The van der Waals surface area contributed by atoms with E-state index in [1.165, 1.54) is 0 Å². The van der Waals surface area contributed by atoms with Crippen LogP contribution in [0.15, 0.2) is 18.2 Å². The molecule has 2 N–H and O–H groups in total. The summed E-state index contributed by atoms with van der Waals surface area (Å²) in [5.41, 5.74) is 1.20. The lowest BCUT2D eigenvalue weighted by atomic mass is 9.99. The molecule has 0 aliphatic carbocycles. The van der Waals surface area contributed by atoms with Gasteiger partial charge in [-0.2, -0.15) is 0 Å². The Balaban J connectivity index is 2.74. The Morgan fingerprint density at radius 1 is 1.09 bits per heavy atom. The third-order valence-corrected chi connectivity index (χ3v) is 3.63. The molecule has 0 fully saturated rings. The van der Waals surface area contributed by atoms with Crippen molar-refractivity contribution in [2.45, 2.75) is 58.8 Å². The van der Waals surface area contributed by atoms with Crippen molar-refractivity contribution in [1.82, 2.24) is 0 Å². The van der Waals surface area contributed by atoms with Crippen LogP contribution in [-0.2, 0) is 11.2 Å². The average molecular weight is 321 g/mol. The van der Waals surface area contributed by atoms with E-state index >= 15 is 0 Å². The summed E-state index contributed by atoms with van der Waals surface area (Å²) in [6.45, 7) is 4.52. The number of aromatic carboxylic acids is 1. The predicted molar refractivity (Wildman–Crippen MR) is 91.1 cm³/mol. The largest absolute Gasteiger partial charge is 0.478 e. The number of nitrogens with one attached hydrogen (secondary N) is 1. The maximum atomic E-state index is 11.8. The molecule has 5 nitrogen and oxygen atoms in total. The number of carbonyl (C=O) groups is 2. The summed E-state index contributed by atoms with van der Waals surface area (Å²) in [7, 11) is 0. The number of unbranched alkanes of at least 4 members (excludes halogenated alkanes) is 4. The fourth-order valence-electron chi connectivity index (χ4n) is 2.39. The summed E-state index contributed by atoms with van der Waals surface area (Å²) in [5, 5.41) is 12.0. The van der Waals surface area contributed by atoms with E-state index in [-0.39, 0.29) is 5.56 Å². The molecule has 5 heteroatoms. The Kier molecular flexibility index (Phi) is 8.80. The Bertz CT molecular complexity index is 514. The molecule has 0 radical (unpaired) electrons. The zero-order chi connectivity index (χ0) is 17.1. The number of carboxylic acid groups (broad SMARTS) is 1. The molecule has 1 rings (SSSR count). The highest BCUT2D eigenvalue weighted by atomic mass is 16.5. The van der Waals surface area contributed by atoms with Crippen molar-refractivity contribution in [3.8, 4) is 0 Å². The first kappa shape index (κ1) is 19.0. The number of aryl methyl sites for hydroxylation is 1. The standard InChI is InChI=1S/C18H27NO4/c1-3-5-7-10-14-11-9-12-15(16(14)17(20)21)19-18(22)23-13-8-6-4-2/h9,11-12H,3-8,10,13H2,1-2H3,(H,19,22)(H,20,21). The Morgan fingerprint density at radius 2 is 1.78 bits per heavy atom. The van der Waals surface area contributed by atoms with Gasteiger partial charge in [-0.3, -0.25) is 5.32 Å². The van der Waals surface area contributed by atoms with Crippen molar-refractivity contribution < 1.29 is 19.4 Å². The Morgan fingerprint density at radius 3 is 2.43 bits per heavy atom. The van der Waals surface area contributed by atoms with Gasteiger partial charge in [0.25, 0.3) is 0 Å². The highest BCUT2D eigenvalue weighted by molar-refractivity contribution is 6.00. The van der Waals surface area contributed by atoms with Gasteiger partial charge in [-0.25, -0.2) is 9.59 Å². The second-order valence-corrected chi connectivity index (χ2v) is 5.57. The molecule has 0 aromatic heterocycles. The number of ether oxygens (including phenoxy) is 1. The first-order valence-corrected chi connectivity index (χ1v) is 8.39. The summed E-state index contributed by atoms with van der Waals surface area (Å²) in [6.07, 6.45) is 6.01. The maximum absolute atomic E-state index is 11.8. The smallest absolute Gasteiger partial charge is 0.411 e. The first-order valence-electron chi connectivity index (χ1n) is 8.39.